The second-order valence-electron chi connectivity index (χ2n) is 3.64. The lowest BCUT2D eigenvalue weighted by Gasteiger charge is -2.06. The third-order valence-corrected chi connectivity index (χ3v) is 2.33. The zero-order valence-corrected chi connectivity index (χ0v) is 9.82. The van der Waals surface area contributed by atoms with Gasteiger partial charge >= 0.3 is 5.97 Å². The van der Waals surface area contributed by atoms with Crippen LogP contribution < -0.4 is 4.74 Å². The summed E-state index contributed by atoms with van der Waals surface area (Å²) < 4.78 is 18.8. The van der Waals surface area contributed by atoms with Crippen molar-refractivity contribution in [1.29, 1.82) is 0 Å². The maximum absolute atomic E-state index is 13.8. The van der Waals surface area contributed by atoms with Gasteiger partial charge in [-0.2, -0.15) is 0 Å². The highest BCUT2D eigenvalue weighted by Crippen LogP contribution is 2.26. The molecule has 0 amide bonds. The summed E-state index contributed by atoms with van der Waals surface area (Å²) in [7, 11) is 0. The van der Waals surface area contributed by atoms with E-state index in [1.807, 2.05) is 0 Å². The summed E-state index contributed by atoms with van der Waals surface area (Å²) in [6, 6.07) is 6.02. The molecule has 1 aromatic heterocycles. The predicted octanol–water partition coefficient (Wildman–Crippen LogP) is 2.62. The van der Waals surface area contributed by atoms with Gasteiger partial charge in [0.15, 0.2) is 5.82 Å². The van der Waals surface area contributed by atoms with E-state index in [0.717, 1.165) is 18.3 Å². The van der Waals surface area contributed by atoms with Crippen LogP contribution in [0.4, 0.5) is 10.1 Å². The Labute approximate surface area is 111 Å². The van der Waals surface area contributed by atoms with Gasteiger partial charge in [-0.1, -0.05) is 6.07 Å². The molecular formula is C12H7FN2O5. The number of halogens is 1. The Hall–Kier alpha value is -3.03. The molecule has 1 aromatic carbocycles. The zero-order valence-electron chi connectivity index (χ0n) is 9.82. The number of nitro benzene ring substituents is 1. The SMILES string of the molecule is O=C(O)c1ccnc(Oc2cccc([N+](=O)[O-])c2)c1F. The average Bonchev–Trinajstić information content (AvgIpc) is 2.41. The van der Waals surface area contributed by atoms with E-state index in [-0.39, 0.29) is 11.4 Å². The minimum atomic E-state index is -1.46. The lowest BCUT2D eigenvalue weighted by Crippen LogP contribution is -2.03. The van der Waals surface area contributed by atoms with Gasteiger partial charge in [-0.15, -0.1) is 0 Å². The fourth-order valence-electron chi connectivity index (χ4n) is 1.43. The van der Waals surface area contributed by atoms with Crippen LogP contribution in [0.2, 0.25) is 0 Å². The molecule has 0 bridgehead atoms. The van der Waals surface area contributed by atoms with Crippen LogP contribution in [-0.2, 0) is 0 Å². The second-order valence-corrected chi connectivity index (χ2v) is 3.64. The zero-order chi connectivity index (χ0) is 14.7. The van der Waals surface area contributed by atoms with Crippen LogP contribution in [0, 0.1) is 15.9 Å². The predicted molar refractivity (Wildman–Crippen MR) is 64.3 cm³/mol. The van der Waals surface area contributed by atoms with Crippen molar-refractivity contribution in [3.8, 4) is 11.6 Å². The average molecular weight is 278 g/mol. The van der Waals surface area contributed by atoms with Crippen molar-refractivity contribution < 1.29 is 24.0 Å². The quantitative estimate of drug-likeness (QED) is 0.681. The van der Waals surface area contributed by atoms with Gasteiger partial charge in [0.2, 0.25) is 0 Å². The van der Waals surface area contributed by atoms with Crippen molar-refractivity contribution in [3.63, 3.8) is 0 Å². The first-order valence-corrected chi connectivity index (χ1v) is 5.29. The number of hydrogen-bond donors (Lipinski definition) is 1. The Morgan fingerprint density at radius 1 is 1.40 bits per heavy atom. The Balaban J connectivity index is 2.35. The van der Waals surface area contributed by atoms with Crippen molar-refractivity contribution in [2.24, 2.45) is 0 Å². The van der Waals surface area contributed by atoms with Crippen LogP contribution in [0.3, 0.4) is 0 Å². The lowest BCUT2D eigenvalue weighted by atomic mass is 10.2. The van der Waals surface area contributed by atoms with E-state index in [1.165, 1.54) is 18.2 Å². The molecule has 1 heterocycles. The molecule has 0 aliphatic heterocycles. The standard InChI is InChI=1S/C12H7FN2O5/c13-10-9(12(16)17)4-5-14-11(10)20-8-3-1-2-7(6-8)15(18)19/h1-6H,(H,16,17). The van der Waals surface area contributed by atoms with E-state index in [2.05, 4.69) is 4.98 Å². The molecule has 8 heteroatoms. The topological polar surface area (TPSA) is 103 Å². The second kappa shape index (κ2) is 5.31. The molecular weight excluding hydrogens is 271 g/mol. The third kappa shape index (κ3) is 2.69. The molecule has 0 radical (unpaired) electrons. The summed E-state index contributed by atoms with van der Waals surface area (Å²) in [6.07, 6.45) is 1.07. The molecule has 0 saturated carbocycles. The number of carboxylic acid groups (broad SMARTS) is 1. The maximum Gasteiger partial charge on any atom is 0.338 e. The van der Waals surface area contributed by atoms with Crippen LogP contribution in [0.1, 0.15) is 10.4 Å². The number of carbonyl (C=O) groups is 1. The van der Waals surface area contributed by atoms with Gasteiger partial charge < -0.3 is 9.84 Å². The lowest BCUT2D eigenvalue weighted by molar-refractivity contribution is -0.384. The van der Waals surface area contributed by atoms with Crippen LogP contribution in [-0.4, -0.2) is 21.0 Å². The summed E-state index contributed by atoms with van der Waals surface area (Å²) in [6.45, 7) is 0. The Morgan fingerprint density at radius 2 is 2.15 bits per heavy atom. The number of carboxylic acids is 1. The number of benzene rings is 1. The number of nitro groups is 1. The van der Waals surface area contributed by atoms with Gasteiger partial charge in [-0.3, -0.25) is 10.1 Å². The van der Waals surface area contributed by atoms with E-state index in [1.54, 1.807) is 0 Å². The summed E-state index contributed by atoms with van der Waals surface area (Å²) >= 11 is 0. The van der Waals surface area contributed by atoms with Crippen LogP contribution in [0.5, 0.6) is 11.6 Å². The molecule has 0 atom stereocenters. The van der Waals surface area contributed by atoms with Crippen LogP contribution in [0.15, 0.2) is 36.5 Å². The van der Waals surface area contributed by atoms with Crippen LogP contribution in [0.25, 0.3) is 0 Å². The van der Waals surface area contributed by atoms with E-state index >= 15 is 0 Å². The fourth-order valence-corrected chi connectivity index (χ4v) is 1.43. The number of ether oxygens (including phenoxy) is 1. The van der Waals surface area contributed by atoms with Crippen molar-refractivity contribution in [2.75, 3.05) is 0 Å². The van der Waals surface area contributed by atoms with Crippen molar-refractivity contribution >= 4 is 11.7 Å². The largest absolute Gasteiger partial charge is 0.478 e. The molecule has 0 aliphatic rings. The number of aromatic nitrogens is 1. The summed E-state index contributed by atoms with van der Waals surface area (Å²) in [5, 5.41) is 19.4. The molecule has 0 aliphatic carbocycles. The number of hydrogen-bond acceptors (Lipinski definition) is 5. The molecule has 20 heavy (non-hydrogen) atoms. The van der Waals surface area contributed by atoms with Gasteiger partial charge in [0, 0.05) is 12.3 Å². The van der Waals surface area contributed by atoms with Gasteiger partial charge in [-0.05, 0) is 12.1 Å². The minimum Gasteiger partial charge on any atom is -0.478 e. The Bertz CT molecular complexity index is 689. The highest BCUT2D eigenvalue weighted by molar-refractivity contribution is 5.88. The molecule has 2 aromatic rings. The van der Waals surface area contributed by atoms with Gasteiger partial charge in [0.25, 0.3) is 11.6 Å². The van der Waals surface area contributed by atoms with E-state index < -0.39 is 28.2 Å². The molecule has 7 nitrogen and oxygen atoms in total. The van der Waals surface area contributed by atoms with E-state index in [4.69, 9.17) is 9.84 Å². The van der Waals surface area contributed by atoms with Gasteiger partial charge in [-0.25, -0.2) is 14.2 Å². The molecule has 1 N–H and O–H groups in total. The Kier molecular flexibility index (Phi) is 3.56. The van der Waals surface area contributed by atoms with Crippen LogP contribution >= 0.6 is 0 Å². The molecule has 0 saturated heterocycles. The molecule has 0 unspecified atom stereocenters. The molecule has 102 valence electrons. The highest BCUT2D eigenvalue weighted by Gasteiger charge is 2.17. The van der Waals surface area contributed by atoms with Crippen molar-refractivity contribution in [2.45, 2.75) is 0 Å². The Morgan fingerprint density at radius 3 is 2.80 bits per heavy atom. The van der Waals surface area contributed by atoms with E-state index in [9.17, 15) is 19.3 Å². The first-order chi connectivity index (χ1) is 9.49. The molecule has 0 spiro atoms. The highest BCUT2D eigenvalue weighted by atomic mass is 19.1. The smallest absolute Gasteiger partial charge is 0.338 e. The first kappa shape index (κ1) is 13.4. The molecule has 2 rings (SSSR count). The minimum absolute atomic E-state index is 0.0202. The normalized spacial score (nSPS) is 10.1. The number of pyridine rings is 1. The number of non-ortho nitro benzene ring substituents is 1. The van der Waals surface area contributed by atoms with Gasteiger partial charge in [0.1, 0.15) is 11.3 Å². The third-order valence-electron chi connectivity index (χ3n) is 2.33. The number of nitrogens with zero attached hydrogens (tertiary/aromatic N) is 2. The number of aromatic carboxylic acids is 1. The molecule has 0 fully saturated rings. The first-order valence-electron chi connectivity index (χ1n) is 5.29. The van der Waals surface area contributed by atoms with Gasteiger partial charge in [0.05, 0.1) is 11.0 Å². The fraction of sp³-hybridized carbons (Fsp3) is 0. The van der Waals surface area contributed by atoms with Crippen molar-refractivity contribution in [3.05, 3.63) is 58.0 Å². The summed E-state index contributed by atoms with van der Waals surface area (Å²) in [4.78, 5) is 24.3. The summed E-state index contributed by atoms with van der Waals surface area (Å²) in [5.74, 6) is -3.20. The monoisotopic (exact) mass is 278 g/mol. The maximum atomic E-state index is 13.8. The summed E-state index contributed by atoms with van der Waals surface area (Å²) in [5.41, 5.74) is -0.835. The number of rotatable bonds is 4. The van der Waals surface area contributed by atoms with E-state index in [0.29, 0.717) is 0 Å². The van der Waals surface area contributed by atoms with Crippen molar-refractivity contribution in [1.82, 2.24) is 4.98 Å².